The third-order valence-electron chi connectivity index (χ3n) is 18.7. The van der Waals surface area contributed by atoms with Gasteiger partial charge >= 0.3 is 5.97 Å². The quantitative estimate of drug-likeness (QED) is 0.0680. The second kappa shape index (κ2) is 26.7. The molecule has 0 atom stereocenters. The number of ether oxygens (including phenoxy) is 12. The number of nitrogens with zero attached hydrogens (tertiary/aromatic N) is 6. The van der Waals surface area contributed by atoms with Gasteiger partial charge in [-0.15, -0.1) is 0 Å². The number of methoxy groups -OCH3 is 12. The summed E-state index contributed by atoms with van der Waals surface area (Å²) in [5.41, 5.74) is 12.9. The van der Waals surface area contributed by atoms with Crippen LogP contribution in [0.2, 0.25) is 0 Å². The lowest BCUT2D eigenvalue weighted by Crippen LogP contribution is -1.95. The summed E-state index contributed by atoms with van der Waals surface area (Å²) in [5, 5.41) is 12.9. The van der Waals surface area contributed by atoms with Gasteiger partial charge in [-0.05, 0) is 194 Å². The molecule has 13 aromatic rings. The summed E-state index contributed by atoms with van der Waals surface area (Å²) in [5.74, 6) is 6.14. The number of H-pyrrole nitrogens is 2. The van der Waals surface area contributed by atoms with Gasteiger partial charge in [-0.2, -0.15) is 0 Å². The molecule has 0 fully saturated rings. The zero-order valence-corrected chi connectivity index (χ0v) is 58.0. The first-order valence-corrected chi connectivity index (χ1v) is 32.3. The molecule has 2 aliphatic heterocycles. The van der Waals surface area contributed by atoms with E-state index in [0.29, 0.717) is 130 Å². The Hall–Kier alpha value is -13.4. The summed E-state index contributed by atoms with van der Waals surface area (Å²) in [6.45, 7) is 0. The molecule has 0 spiro atoms. The van der Waals surface area contributed by atoms with E-state index in [1.807, 2.05) is 133 Å². The van der Waals surface area contributed by atoms with E-state index in [2.05, 4.69) is 22.1 Å². The molecular weight excluding hydrogens is 1310 g/mol. The Kier molecular flexibility index (Phi) is 17.0. The lowest BCUT2D eigenvalue weighted by molar-refractivity contribution is 0.0697. The van der Waals surface area contributed by atoms with Crippen LogP contribution in [0.15, 0.2) is 164 Å². The first kappa shape index (κ1) is 65.6. The van der Waals surface area contributed by atoms with E-state index in [4.69, 9.17) is 86.7 Å². The molecule has 3 N–H and O–H groups in total. The third-order valence-corrected chi connectivity index (χ3v) is 18.7. The fourth-order valence-electron chi connectivity index (χ4n) is 13.5. The second-order valence-corrected chi connectivity index (χ2v) is 23.9. The van der Waals surface area contributed by atoms with Crippen molar-refractivity contribution in [2.24, 2.45) is 0 Å². The summed E-state index contributed by atoms with van der Waals surface area (Å²) in [6, 6.07) is 51.6. The summed E-state index contributed by atoms with van der Waals surface area (Å²) < 4.78 is 70.2. The van der Waals surface area contributed by atoms with Crippen LogP contribution in [-0.2, 0) is 0 Å². The maximum atomic E-state index is 13.0. The normalized spacial score (nSPS) is 11.4. The minimum absolute atomic E-state index is 0.0165. The molecule has 10 aromatic carbocycles. The van der Waals surface area contributed by atoms with Crippen LogP contribution in [0.4, 0.5) is 0 Å². The molecule has 0 unspecified atom stereocenters. The molecule has 0 amide bonds. The zero-order valence-electron chi connectivity index (χ0n) is 58.0. The number of carboxylic acid groups (broad SMARTS) is 1. The average Bonchev–Trinajstić information content (AvgIpc) is 1.62. The van der Waals surface area contributed by atoms with Gasteiger partial charge in [-0.25, -0.2) is 34.7 Å². The van der Waals surface area contributed by atoms with Gasteiger partial charge in [0.1, 0.15) is 22.6 Å². The monoisotopic (exact) mass is 1370 g/mol. The molecule has 0 saturated carbocycles. The topological polar surface area (TPSA) is 257 Å². The standard InChI is InChI=1S/C81H66N8O14/c1-92-61-21-14-40(28-67(61)98-7)48-34-55-56(35-49(48)41-15-22-62(93-2)68(29-41)99-8)77-85-75(55)83-73-47-20-13-46(81(90)91)27-54(47)74(82-73)84-76-57-36-50(42-16-23-63(94-3)69(30-42)100-9)51(43-17-24-64(95-4)70(31-43)101-10)37-58(57)78(86-76)88-80-60-39-53(45-19-26-66(97-6)72(33-45)103-12)52(38-59(60)79(87-77)89-80)44-18-25-65(96-5)71(32-44)102-11/h13-39H,1-12H3,(H,90,91)(H2,82,83,84,85,86,87,88,89). The van der Waals surface area contributed by atoms with Crippen molar-refractivity contribution in [2.75, 3.05) is 85.3 Å². The SMILES string of the molecule is COc1ccc(-c2cc3c(cc2-c2ccc(OC)c(OC)c2)-c2nc-3nc3[nH]c(nc4nc(nc5[nH]c(n2)c2cc(-c6ccc(OC)c(OC)c6)c(-c6ccc(OC)c(OC)c6)cc52)-c2cc(-c5ccc(OC)c(OC)c5)c(-c5ccc(OC)c(OC)c5)cc2-4)c2cc(C(=O)O)ccc32)cc1OC. The Morgan fingerprint density at radius 3 is 0.699 bits per heavy atom. The van der Waals surface area contributed by atoms with Crippen LogP contribution >= 0.6 is 0 Å². The Morgan fingerprint density at radius 2 is 0.466 bits per heavy atom. The van der Waals surface area contributed by atoms with E-state index in [9.17, 15) is 9.90 Å². The number of aromatic carboxylic acids is 1. The van der Waals surface area contributed by atoms with Crippen molar-refractivity contribution in [3.8, 4) is 181 Å². The van der Waals surface area contributed by atoms with Crippen molar-refractivity contribution in [3.63, 3.8) is 0 Å². The molecule has 3 aromatic heterocycles. The first-order valence-electron chi connectivity index (χ1n) is 32.3. The number of aromatic nitrogens is 8. The van der Waals surface area contributed by atoms with Gasteiger partial charge in [0.25, 0.3) is 0 Å². The lowest BCUT2D eigenvalue weighted by Gasteiger charge is -2.16. The summed E-state index contributed by atoms with van der Waals surface area (Å²) >= 11 is 0. The molecule has 5 heterocycles. The van der Waals surface area contributed by atoms with Crippen LogP contribution in [0.25, 0.3) is 156 Å². The van der Waals surface area contributed by atoms with E-state index in [1.54, 1.807) is 97.5 Å². The van der Waals surface area contributed by atoms with Crippen molar-refractivity contribution in [1.82, 2.24) is 39.9 Å². The molecule has 22 heteroatoms. The summed E-state index contributed by atoms with van der Waals surface area (Å²) in [4.78, 5) is 53.2. The van der Waals surface area contributed by atoms with Crippen LogP contribution in [0.5, 0.6) is 69.0 Å². The zero-order chi connectivity index (χ0) is 71.5. The largest absolute Gasteiger partial charge is 0.493 e. The van der Waals surface area contributed by atoms with E-state index in [-0.39, 0.29) is 34.5 Å². The van der Waals surface area contributed by atoms with E-state index < -0.39 is 5.97 Å². The Morgan fingerprint density at radius 1 is 0.243 bits per heavy atom. The maximum Gasteiger partial charge on any atom is 0.335 e. The lowest BCUT2D eigenvalue weighted by atomic mass is 9.90. The summed E-state index contributed by atoms with van der Waals surface area (Å²) in [7, 11) is 19.1. The third kappa shape index (κ3) is 11.4. The number of aromatic amines is 2. The van der Waals surface area contributed by atoms with Crippen molar-refractivity contribution >= 4 is 50.1 Å². The molecule has 8 bridgehead atoms. The Balaban J connectivity index is 1.12. The highest BCUT2D eigenvalue weighted by molar-refractivity contribution is 6.11. The molecule has 0 radical (unpaired) electrons. The molecule has 22 nitrogen and oxygen atoms in total. The highest BCUT2D eigenvalue weighted by Gasteiger charge is 2.29. The van der Waals surface area contributed by atoms with Crippen LogP contribution < -0.4 is 56.8 Å². The molecule has 514 valence electrons. The van der Waals surface area contributed by atoms with Crippen LogP contribution in [-0.4, -0.2) is 136 Å². The van der Waals surface area contributed by atoms with E-state index >= 15 is 0 Å². The predicted octanol–water partition coefficient (Wildman–Crippen LogP) is 16.7. The second-order valence-electron chi connectivity index (χ2n) is 23.9. The number of carboxylic acids is 1. The fourth-order valence-corrected chi connectivity index (χ4v) is 13.5. The van der Waals surface area contributed by atoms with Crippen LogP contribution in [0, 0.1) is 0 Å². The van der Waals surface area contributed by atoms with Gasteiger partial charge in [0, 0.05) is 43.8 Å². The minimum atomic E-state index is -1.14. The first-order chi connectivity index (χ1) is 50.2. The number of rotatable bonds is 19. The van der Waals surface area contributed by atoms with Crippen molar-refractivity contribution in [3.05, 3.63) is 169 Å². The smallest absolute Gasteiger partial charge is 0.335 e. The number of carbonyl (C=O) groups is 1. The van der Waals surface area contributed by atoms with Crippen molar-refractivity contribution in [2.45, 2.75) is 0 Å². The molecular formula is C81H66N8O14. The van der Waals surface area contributed by atoms with Gasteiger partial charge < -0.3 is 71.9 Å². The van der Waals surface area contributed by atoms with Gasteiger partial charge in [0.15, 0.2) is 92.3 Å². The van der Waals surface area contributed by atoms with Crippen molar-refractivity contribution in [1.29, 1.82) is 0 Å². The predicted molar refractivity (Wildman–Crippen MR) is 394 cm³/mol. The van der Waals surface area contributed by atoms with E-state index in [1.165, 1.54) is 6.07 Å². The van der Waals surface area contributed by atoms with Crippen molar-refractivity contribution < 1.29 is 66.7 Å². The van der Waals surface area contributed by atoms with Gasteiger partial charge in [0.2, 0.25) is 0 Å². The number of nitrogens with one attached hydrogen (secondary N) is 2. The Labute approximate surface area is 589 Å². The van der Waals surface area contributed by atoms with E-state index in [0.717, 1.165) is 66.8 Å². The molecule has 0 saturated heterocycles. The van der Waals surface area contributed by atoms with Crippen LogP contribution in [0.1, 0.15) is 10.4 Å². The molecule has 103 heavy (non-hydrogen) atoms. The number of benzene rings is 10. The summed E-state index contributed by atoms with van der Waals surface area (Å²) in [6.07, 6.45) is 0. The number of hydrogen-bond donors (Lipinski definition) is 3. The van der Waals surface area contributed by atoms with Gasteiger partial charge in [-0.3, -0.25) is 0 Å². The van der Waals surface area contributed by atoms with Gasteiger partial charge in [-0.1, -0.05) is 36.4 Å². The number of fused-ring (bicyclic) bond motifs is 20. The fraction of sp³-hybridized carbons (Fsp3) is 0.148. The van der Waals surface area contributed by atoms with Crippen LogP contribution in [0.3, 0.4) is 0 Å². The minimum Gasteiger partial charge on any atom is -0.493 e. The molecule has 15 rings (SSSR count). The highest BCUT2D eigenvalue weighted by atomic mass is 16.5. The number of hydrogen-bond acceptors (Lipinski definition) is 19. The van der Waals surface area contributed by atoms with Gasteiger partial charge in [0.05, 0.1) is 90.9 Å². The Bertz CT molecular complexity index is 5830. The maximum absolute atomic E-state index is 13.0. The molecule has 2 aliphatic rings. The highest BCUT2D eigenvalue weighted by Crippen LogP contribution is 2.50. The average molecular weight is 1380 g/mol. The molecule has 0 aliphatic carbocycles.